The van der Waals surface area contributed by atoms with E-state index in [1.54, 1.807) is 60.7 Å². The minimum Gasteiger partial charge on any atom is -0.494 e. The Labute approximate surface area is 376 Å². The summed E-state index contributed by atoms with van der Waals surface area (Å²) in [5, 5.41) is 8.60. The summed E-state index contributed by atoms with van der Waals surface area (Å²) in [6, 6.07) is 24.7. The van der Waals surface area contributed by atoms with Crippen molar-refractivity contribution in [2.75, 3.05) is 13.2 Å². The molecule has 0 radical (unpaired) electrons. The highest BCUT2D eigenvalue weighted by Gasteiger charge is 2.18. The number of carbonyl (C=O) groups excluding carboxylic acids is 2. The third kappa shape index (κ3) is 17.0. The van der Waals surface area contributed by atoms with Crippen molar-refractivity contribution in [3.05, 3.63) is 107 Å². The number of ether oxygens (including phenoxy) is 4. The number of rotatable bonds is 30. The first-order valence-electron chi connectivity index (χ1n) is 23.8. The highest BCUT2D eigenvalue weighted by atomic mass is 16.5. The number of hydrogen-bond acceptors (Lipinski definition) is 9. The molecule has 0 saturated heterocycles. The van der Waals surface area contributed by atoms with E-state index in [0.29, 0.717) is 47.6 Å². The molecule has 0 atom stereocenters. The minimum atomic E-state index is -0.453. The molecule has 1 aromatic heterocycles. The number of benzene rings is 4. The van der Waals surface area contributed by atoms with E-state index in [4.69, 9.17) is 23.4 Å². The molecule has 1 heterocycles. The maximum absolute atomic E-state index is 13.0. The molecule has 0 saturated carbocycles. The van der Waals surface area contributed by atoms with Crippen molar-refractivity contribution in [1.29, 1.82) is 0 Å². The van der Waals surface area contributed by atoms with Gasteiger partial charge in [0.25, 0.3) is 0 Å². The fourth-order valence-electron chi connectivity index (χ4n) is 7.59. The number of carbonyl (C=O) groups is 2. The molecule has 4 aromatic carbocycles. The molecule has 0 N–H and O–H groups in total. The number of esters is 2. The summed E-state index contributed by atoms with van der Waals surface area (Å²) >= 11 is 0. The van der Waals surface area contributed by atoms with E-state index in [1.807, 2.05) is 38.1 Å². The predicted molar refractivity (Wildman–Crippen MR) is 252 cm³/mol. The van der Waals surface area contributed by atoms with Crippen LogP contribution in [-0.4, -0.2) is 35.3 Å². The van der Waals surface area contributed by atoms with E-state index in [2.05, 4.69) is 24.0 Å². The topological polar surface area (TPSA) is 110 Å². The monoisotopic (exact) mass is 859 g/mol. The fourth-order valence-corrected chi connectivity index (χ4v) is 7.59. The second kappa shape index (κ2) is 27.6. The molecule has 338 valence electrons. The fraction of sp³-hybridized carbons (Fsp3) is 0.481. The first-order chi connectivity index (χ1) is 30.8. The van der Waals surface area contributed by atoms with Crippen LogP contribution >= 0.6 is 0 Å². The molecule has 9 nitrogen and oxygen atoms in total. The average molecular weight is 859 g/mol. The number of unbranched alkanes of at least 4 members (excludes halogenated alkanes) is 18. The molecule has 0 aliphatic carbocycles. The van der Waals surface area contributed by atoms with Gasteiger partial charge in [-0.25, -0.2) is 9.59 Å². The summed E-state index contributed by atoms with van der Waals surface area (Å²) in [6.07, 6.45) is 25.6. The molecule has 0 fully saturated rings. The van der Waals surface area contributed by atoms with Crippen molar-refractivity contribution < 1.29 is 33.0 Å². The van der Waals surface area contributed by atoms with Gasteiger partial charge in [-0.05, 0) is 123 Å². The van der Waals surface area contributed by atoms with E-state index in [1.165, 1.54) is 116 Å². The summed E-state index contributed by atoms with van der Waals surface area (Å²) in [7, 11) is 0. The Balaban J connectivity index is 1.02. The lowest BCUT2D eigenvalue weighted by Gasteiger charge is -2.09. The van der Waals surface area contributed by atoms with Gasteiger partial charge in [-0.3, -0.25) is 0 Å². The van der Waals surface area contributed by atoms with Gasteiger partial charge in [0.1, 0.15) is 23.0 Å². The van der Waals surface area contributed by atoms with E-state index in [-0.39, 0.29) is 0 Å². The van der Waals surface area contributed by atoms with Crippen molar-refractivity contribution in [3.8, 4) is 45.9 Å². The van der Waals surface area contributed by atoms with Crippen LogP contribution in [0.25, 0.3) is 22.9 Å². The normalized spacial score (nSPS) is 11.1. The average Bonchev–Trinajstić information content (AvgIpc) is 3.77. The summed E-state index contributed by atoms with van der Waals surface area (Å²) in [4.78, 5) is 25.9. The van der Waals surface area contributed by atoms with E-state index >= 15 is 0 Å². The lowest BCUT2D eigenvalue weighted by molar-refractivity contribution is 0.0725. The van der Waals surface area contributed by atoms with Crippen LogP contribution in [-0.2, 0) is 0 Å². The van der Waals surface area contributed by atoms with Crippen molar-refractivity contribution >= 4 is 11.9 Å². The molecule has 0 aliphatic heterocycles. The first kappa shape index (κ1) is 48.6. The molecule has 0 unspecified atom stereocenters. The zero-order valence-corrected chi connectivity index (χ0v) is 38.4. The van der Waals surface area contributed by atoms with Crippen LogP contribution in [0.15, 0.2) is 89.3 Å². The molecule has 9 heteroatoms. The Morgan fingerprint density at radius 3 is 1.08 bits per heavy atom. The Morgan fingerprint density at radius 2 is 0.746 bits per heavy atom. The van der Waals surface area contributed by atoms with Crippen LogP contribution in [0.4, 0.5) is 0 Å². The molecule has 0 bridgehead atoms. The van der Waals surface area contributed by atoms with Gasteiger partial charge in [0.05, 0.1) is 24.3 Å². The van der Waals surface area contributed by atoms with E-state index < -0.39 is 11.9 Å². The SMILES string of the molecule is CCCCCCCCCCCCOc1ccc(C(=O)Oc2ccc(-c3nnc(-c4ccc(OC(=O)c5ccc(OCCCCCCCCCCCC)cc5)cc4C)o3)c(C)c2)cc1. The smallest absolute Gasteiger partial charge is 0.343 e. The summed E-state index contributed by atoms with van der Waals surface area (Å²) in [5.74, 6) is 2.07. The number of aryl methyl sites for hydroxylation is 2. The number of hydrogen-bond donors (Lipinski definition) is 0. The molecule has 5 aromatic rings. The second-order valence-electron chi connectivity index (χ2n) is 16.8. The standard InChI is InChI=1S/C54H70N2O7/c1-5-7-9-11-13-15-17-19-21-23-37-59-45-29-25-43(26-30-45)53(57)61-47-33-35-49(41(3)39-47)51-55-56-52(63-51)50-36-34-48(40-42(50)4)62-54(58)44-27-31-46(32-28-44)60-38-24-22-20-18-16-14-12-10-8-6-2/h25-36,39-40H,5-24,37-38H2,1-4H3. The van der Waals surface area contributed by atoms with E-state index in [0.717, 1.165) is 46.6 Å². The van der Waals surface area contributed by atoms with E-state index in [9.17, 15) is 9.59 Å². The van der Waals surface area contributed by atoms with Crippen LogP contribution in [0.2, 0.25) is 0 Å². The van der Waals surface area contributed by atoms with Crippen LogP contribution in [0.1, 0.15) is 174 Å². The van der Waals surface area contributed by atoms with Gasteiger partial charge < -0.3 is 23.4 Å². The van der Waals surface area contributed by atoms with Crippen LogP contribution < -0.4 is 18.9 Å². The van der Waals surface area contributed by atoms with Crippen molar-refractivity contribution in [2.24, 2.45) is 0 Å². The van der Waals surface area contributed by atoms with Crippen molar-refractivity contribution in [2.45, 2.75) is 156 Å². The highest BCUT2D eigenvalue weighted by Crippen LogP contribution is 2.32. The first-order valence-corrected chi connectivity index (χ1v) is 23.8. The van der Waals surface area contributed by atoms with Gasteiger partial charge in [0.15, 0.2) is 0 Å². The third-order valence-electron chi connectivity index (χ3n) is 11.4. The molecule has 0 aliphatic rings. The molecular weight excluding hydrogens is 789 g/mol. The lowest BCUT2D eigenvalue weighted by Crippen LogP contribution is -2.08. The Kier molecular flexibility index (Phi) is 21.3. The van der Waals surface area contributed by atoms with Gasteiger partial charge in [0, 0.05) is 11.1 Å². The summed E-state index contributed by atoms with van der Waals surface area (Å²) in [5.41, 5.74) is 3.92. The lowest BCUT2D eigenvalue weighted by atomic mass is 10.1. The summed E-state index contributed by atoms with van der Waals surface area (Å²) in [6.45, 7) is 9.64. The quantitative estimate of drug-likeness (QED) is 0.0253. The van der Waals surface area contributed by atoms with Gasteiger partial charge >= 0.3 is 11.9 Å². The highest BCUT2D eigenvalue weighted by molar-refractivity contribution is 5.92. The van der Waals surface area contributed by atoms with Crippen LogP contribution in [0, 0.1) is 13.8 Å². The van der Waals surface area contributed by atoms with Gasteiger partial charge in [-0.1, -0.05) is 129 Å². The maximum Gasteiger partial charge on any atom is 0.343 e. The number of nitrogens with zero attached hydrogens (tertiary/aromatic N) is 2. The minimum absolute atomic E-state index is 0.333. The Bertz CT molecular complexity index is 1940. The zero-order valence-electron chi connectivity index (χ0n) is 38.4. The zero-order chi connectivity index (χ0) is 44.5. The second-order valence-corrected chi connectivity index (χ2v) is 16.8. The van der Waals surface area contributed by atoms with Crippen LogP contribution in [0.3, 0.4) is 0 Å². The number of aromatic nitrogens is 2. The van der Waals surface area contributed by atoms with Gasteiger partial charge in [0.2, 0.25) is 11.8 Å². The Morgan fingerprint density at radius 1 is 0.429 bits per heavy atom. The van der Waals surface area contributed by atoms with Crippen LogP contribution in [0.5, 0.6) is 23.0 Å². The summed E-state index contributed by atoms with van der Waals surface area (Å²) < 4.78 is 29.3. The third-order valence-corrected chi connectivity index (χ3v) is 11.4. The maximum atomic E-state index is 13.0. The molecule has 5 rings (SSSR count). The molecule has 0 amide bonds. The molecule has 63 heavy (non-hydrogen) atoms. The predicted octanol–water partition coefficient (Wildman–Crippen LogP) is 15.1. The van der Waals surface area contributed by atoms with Gasteiger partial charge in [-0.15, -0.1) is 10.2 Å². The van der Waals surface area contributed by atoms with Crippen molar-refractivity contribution in [3.63, 3.8) is 0 Å². The van der Waals surface area contributed by atoms with Crippen molar-refractivity contribution in [1.82, 2.24) is 10.2 Å². The molecular formula is C54H70N2O7. The Hall–Kier alpha value is -5.44. The largest absolute Gasteiger partial charge is 0.494 e. The van der Waals surface area contributed by atoms with Gasteiger partial charge in [-0.2, -0.15) is 0 Å². The molecule has 0 spiro atoms.